The fraction of sp³-hybridized carbons (Fsp3) is 0.500. The van der Waals surface area contributed by atoms with Crippen molar-refractivity contribution in [3.8, 4) is 0 Å². The van der Waals surface area contributed by atoms with Crippen LogP contribution in [0.15, 0.2) is 35.0 Å². The zero-order valence-electron chi connectivity index (χ0n) is 12.3. The summed E-state index contributed by atoms with van der Waals surface area (Å²) in [6.45, 7) is 7.17. The summed E-state index contributed by atoms with van der Waals surface area (Å²) < 4.78 is 5.90. The maximum absolute atomic E-state index is 5.90. The van der Waals surface area contributed by atoms with E-state index in [1.54, 1.807) is 0 Å². The van der Waals surface area contributed by atoms with Crippen molar-refractivity contribution < 1.29 is 4.74 Å². The minimum Gasteiger partial charge on any atom is -0.374 e. The van der Waals surface area contributed by atoms with Crippen molar-refractivity contribution in [3.05, 3.63) is 44.8 Å². The van der Waals surface area contributed by atoms with E-state index in [9.17, 15) is 0 Å². The van der Waals surface area contributed by atoms with E-state index in [1.165, 1.54) is 9.75 Å². The highest BCUT2D eigenvalue weighted by atomic mass is 32.1. The van der Waals surface area contributed by atoms with Crippen molar-refractivity contribution in [1.82, 2.24) is 10.2 Å². The molecule has 0 radical (unpaired) electrons. The molecule has 1 N–H and O–H groups in total. The summed E-state index contributed by atoms with van der Waals surface area (Å²) in [5, 5.41) is 8.00. The molecule has 0 amide bonds. The SMILES string of the molecule is CCN1CCOC(CNC(c2cccs2)c2cccs2)C1. The Balaban J connectivity index is 1.63. The lowest BCUT2D eigenvalue weighted by atomic mass is 10.2. The number of ether oxygens (including phenoxy) is 1. The summed E-state index contributed by atoms with van der Waals surface area (Å²) >= 11 is 3.63. The molecule has 114 valence electrons. The van der Waals surface area contributed by atoms with Crippen LogP contribution >= 0.6 is 22.7 Å². The number of morpholine rings is 1. The van der Waals surface area contributed by atoms with Crippen LogP contribution in [0.25, 0.3) is 0 Å². The largest absolute Gasteiger partial charge is 0.374 e. The Hall–Kier alpha value is -0.720. The molecular weight excluding hydrogens is 300 g/mol. The molecule has 1 fully saturated rings. The first-order valence-corrected chi connectivity index (χ1v) is 9.27. The summed E-state index contributed by atoms with van der Waals surface area (Å²) in [4.78, 5) is 5.21. The molecule has 2 aromatic rings. The Morgan fingerprint density at radius 2 is 2.00 bits per heavy atom. The number of hydrogen-bond acceptors (Lipinski definition) is 5. The van der Waals surface area contributed by atoms with Crippen LogP contribution in [0.1, 0.15) is 22.7 Å². The summed E-state index contributed by atoms with van der Waals surface area (Å²) in [7, 11) is 0. The van der Waals surface area contributed by atoms with Crippen LogP contribution in [0.5, 0.6) is 0 Å². The van der Waals surface area contributed by atoms with E-state index in [-0.39, 0.29) is 0 Å². The molecule has 0 aliphatic carbocycles. The summed E-state index contributed by atoms with van der Waals surface area (Å²) in [5.41, 5.74) is 0. The zero-order chi connectivity index (χ0) is 14.5. The minimum atomic E-state index is 0.293. The van der Waals surface area contributed by atoms with Gasteiger partial charge in [-0.25, -0.2) is 0 Å². The molecule has 1 saturated heterocycles. The van der Waals surface area contributed by atoms with Crippen LogP contribution in [0.4, 0.5) is 0 Å². The van der Waals surface area contributed by atoms with Crippen LogP contribution in [0.2, 0.25) is 0 Å². The summed E-state index contributed by atoms with van der Waals surface area (Å²) in [6, 6.07) is 8.96. The Bertz CT molecular complexity index is 478. The van der Waals surface area contributed by atoms with Gasteiger partial charge >= 0.3 is 0 Å². The van der Waals surface area contributed by atoms with Gasteiger partial charge in [0, 0.05) is 29.4 Å². The van der Waals surface area contributed by atoms with Gasteiger partial charge in [0.05, 0.1) is 18.8 Å². The smallest absolute Gasteiger partial charge is 0.0827 e. The normalized spacial score (nSPS) is 20.2. The molecule has 3 rings (SSSR count). The molecule has 0 aromatic carbocycles. The molecule has 1 unspecified atom stereocenters. The molecule has 1 aliphatic rings. The van der Waals surface area contributed by atoms with Crippen molar-refractivity contribution in [2.75, 3.05) is 32.8 Å². The number of nitrogens with one attached hydrogen (secondary N) is 1. The standard InChI is InChI=1S/C16H22N2OS2/c1-2-18-7-8-19-13(12-18)11-17-16(14-5-3-9-20-14)15-6-4-10-21-15/h3-6,9-10,13,16-17H,2,7-8,11-12H2,1H3. The number of likely N-dealkylation sites (N-methyl/N-ethyl adjacent to an activating group) is 1. The topological polar surface area (TPSA) is 24.5 Å². The van der Waals surface area contributed by atoms with E-state index in [2.05, 4.69) is 52.2 Å². The van der Waals surface area contributed by atoms with Crippen molar-refractivity contribution in [2.45, 2.75) is 19.1 Å². The maximum atomic E-state index is 5.90. The van der Waals surface area contributed by atoms with E-state index in [4.69, 9.17) is 4.74 Å². The third-order valence-electron chi connectivity index (χ3n) is 3.88. The van der Waals surface area contributed by atoms with Gasteiger partial charge in [-0.1, -0.05) is 19.1 Å². The summed E-state index contributed by atoms with van der Waals surface area (Å²) in [6.07, 6.45) is 0.293. The molecule has 3 heterocycles. The molecule has 5 heteroatoms. The quantitative estimate of drug-likeness (QED) is 0.884. The lowest BCUT2D eigenvalue weighted by Crippen LogP contribution is -2.46. The Kier molecular flexibility index (Phi) is 5.43. The van der Waals surface area contributed by atoms with Crippen LogP contribution in [0, 0.1) is 0 Å². The third-order valence-corrected chi connectivity index (χ3v) is 5.75. The predicted molar refractivity (Wildman–Crippen MR) is 90.3 cm³/mol. The second kappa shape index (κ2) is 7.51. The fourth-order valence-corrected chi connectivity index (χ4v) is 4.40. The molecule has 3 nitrogen and oxygen atoms in total. The van der Waals surface area contributed by atoms with Gasteiger partial charge in [-0.2, -0.15) is 0 Å². The third kappa shape index (κ3) is 3.93. The average Bonchev–Trinajstić information content (AvgIpc) is 3.21. The van der Waals surface area contributed by atoms with Gasteiger partial charge in [0.25, 0.3) is 0 Å². The number of nitrogens with zero attached hydrogens (tertiary/aromatic N) is 1. The highest BCUT2D eigenvalue weighted by Crippen LogP contribution is 2.29. The Labute approximate surface area is 134 Å². The van der Waals surface area contributed by atoms with Gasteiger partial charge in [0.15, 0.2) is 0 Å². The van der Waals surface area contributed by atoms with Gasteiger partial charge in [-0.15, -0.1) is 22.7 Å². The van der Waals surface area contributed by atoms with Crippen molar-refractivity contribution >= 4 is 22.7 Å². The predicted octanol–water partition coefficient (Wildman–Crippen LogP) is 3.21. The van der Waals surface area contributed by atoms with E-state index in [0.717, 1.165) is 32.8 Å². The van der Waals surface area contributed by atoms with E-state index < -0.39 is 0 Å². The van der Waals surface area contributed by atoms with E-state index in [0.29, 0.717) is 12.1 Å². The first-order valence-electron chi connectivity index (χ1n) is 7.51. The number of thiophene rings is 2. The van der Waals surface area contributed by atoms with Crippen LogP contribution in [0.3, 0.4) is 0 Å². The molecule has 0 spiro atoms. The fourth-order valence-electron chi connectivity index (χ4n) is 2.69. The van der Waals surface area contributed by atoms with Crippen LogP contribution in [-0.4, -0.2) is 43.8 Å². The molecule has 0 saturated carbocycles. The van der Waals surface area contributed by atoms with E-state index in [1.807, 2.05) is 22.7 Å². The van der Waals surface area contributed by atoms with Crippen molar-refractivity contribution in [3.63, 3.8) is 0 Å². The molecule has 0 bridgehead atoms. The van der Waals surface area contributed by atoms with Crippen molar-refractivity contribution in [1.29, 1.82) is 0 Å². The second-order valence-electron chi connectivity index (χ2n) is 5.26. The number of rotatable bonds is 6. The highest BCUT2D eigenvalue weighted by Gasteiger charge is 2.22. The van der Waals surface area contributed by atoms with Crippen molar-refractivity contribution in [2.24, 2.45) is 0 Å². The minimum absolute atomic E-state index is 0.293. The zero-order valence-corrected chi connectivity index (χ0v) is 14.0. The highest BCUT2D eigenvalue weighted by molar-refractivity contribution is 7.11. The van der Waals surface area contributed by atoms with Gasteiger partial charge in [0.2, 0.25) is 0 Å². The Morgan fingerprint density at radius 1 is 1.29 bits per heavy atom. The van der Waals surface area contributed by atoms with Gasteiger partial charge in [0.1, 0.15) is 0 Å². The molecule has 1 atom stereocenters. The summed E-state index contributed by atoms with van der Waals surface area (Å²) in [5.74, 6) is 0. The molecular formula is C16H22N2OS2. The van der Waals surface area contributed by atoms with E-state index >= 15 is 0 Å². The van der Waals surface area contributed by atoms with Gasteiger partial charge in [-0.05, 0) is 29.4 Å². The van der Waals surface area contributed by atoms with Crippen LogP contribution in [-0.2, 0) is 4.74 Å². The maximum Gasteiger partial charge on any atom is 0.0827 e. The average molecular weight is 322 g/mol. The first-order chi connectivity index (χ1) is 10.4. The van der Waals surface area contributed by atoms with Gasteiger partial charge in [-0.3, -0.25) is 4.90 Å². The molecule has 1 aliphatic heterocycles. The van der Waals surface area contributed by atoms with Crippen LogP contribution < -0.4 is 5.32 Å². The van der Waals surface area contributed by atoms with Gasteiger partial charge < -0.3 is 10.1 Å². The lowest BCUT2D eigenvalue weighted by Gasteiger charge is -2.33. The molecule has 21 heavy (non-hydrogen) atoms. The first kappa shape index (κ1) is 15.2. The Morgan fingerprint density at radius 3 is 2.57 bits per heavy atom. The molecule has 2 aromatic heterocycles. The lowest BCUT2D eigenvalue weighted by molar-refractivity contribution is -0.0258. The second-order valence-corrected chi connectivity index (χ2v) is 7.22. The number of hydrogen-bond donors (Lipinski definition) is 1. The monoisotopic (exact) mass is 322 g/mol.